The summed E-state index contributed by atoms with van der Waals surface area (Å²) in [4.78, 5) is 12.1. The van der Waals surface area contributed by atoms with Crippen LogP contribution in [0.15, 0.2) is 36.4 Å². The number of carbonyl (C=O) groups excluding carboxylic acids is 1. The number of ether oxygens (including phenoxy) is 3. The average Bonchev–Trinajstić information content (AvgIpc) is 2.67. The molecule has 0 fully saturated rings. The van der Waals surface area contributed by atoms with Gasteiger partial charge in [-0.1, -0.05) is 43.6 Å². The number of methoxy groups -OCH3 is 1. The summed E-state index contributed by atoms with van der Waals surface area (Å²) in [5.41, 5.74) is 2.26. The number of hydrogen-bond donors (Lipinski definition) is 0. The summed E-state index contributed by atoms with van der Waals surface area (Å²) in [6.07, 6.45) is 1.77. The molecule has 0 N–H and O–H groups in total. The number of esters is 1. The van der Waals surface area contributed by atoms with E-state index in [-0.39, 0.29) is 12.1 Å². The maximum absolute atomic E-state index is 12.1. The van der Waals surface area contributed by atoms with Crippen molar-refractivity contribution in [3.8, 4) is 11.5 Å². The third-order valence-electron chi connectivity index (χ3n) is 4.07. The molecule has 0 bridgehead atoms. The Hall–Kier alpha value is -2.20. The van der Waals surface area contributed by atoms with Crippen molar-refractivity contribution in [3.05, 3.63) is 58.1 Å². The molecule has 1 heterocycles. The van der Waals surface area contributed by atoms with E-state index >= 15 is 0 Å². The summed E-state index contributed by atoms with van der Waals surface area (Å²) in [7, 11) is 1.37. The van der Waals surface area contributed by atoms with Crippen LogP contribution >= 0.6 is 11.6 Å². The molecule has 1 aliphatic heterocycles. The summed E-state index contributed by atoms with van der Waals surface area (Å²) < 4.78 is 16.6. The molecule has 1 unspecified atom stereocenters. The first-order valence-electron chi connectivity index (χ1n) is 8.86. The maximum Gasteiger partial charge on any atom is 0.338 e. The molecule has 140 valence electrons. The quantitative estimate of drug-likeness (QED) is 0.666. The lowest BCUT2D eigenvalue weighted by molar-refractivity contribution is 0.0596. The fourth-order valence-corrected chi connectivity index (χ4v) is 2.95. The monoisotopic (exact) mass is 376 g/mol. The van der Waals surface area contributed by atoms with Gasteiger partial charge in [-0.2, -0.15) is 0 Å². The van der Waals surface area contributed by atoms with E-state index in [9.17, 15) is 4.79 Å². The van der Waals surface area contributed by atoms with Gasteiger partial charge in [-0.25, -0.2) is 4.79 Å². The highest BCUT2D eigenvalue weighted by atomic mass is 35.5. The lowest BCUT2D eigenvalue weighted by atomic mass is 9.97. The van der Waals surface area contributed by atoms with Crippen LogP contribution < -0.4 is 9.47 Å². The lowest BCUT2D eigenvalue weighted by Crippen LogP contribution is -2.21. The first-order valence-corrected chi connectivity index (χ1v) is 9.24. The van der Waals surface area contributed by atoms with Gasteiger partial charge in [0, 0.05) is 22.2 Å². The largest absolute Gasteiger partial charge is 0.490 e. The number of carbonyl (C=O) groups is 1. The van der Waals surface area contributed by atoms with E-state index in [1.54, 1.807) is 6.07 Å². The highest BCUT2D eigenvalue weighted by Crippen LogP contribution is 2.35. The molecule has 4 nitrogen and oxygen atoms in total. The molecule has 26 heavy (non-hydrogen) atoms. The Morgan fingerprint density at radius 1 is 1.27 bits per heavy atom. The molecule has 0 spiro atoms. The van der Waals surface area contributed by atoms with Crippen molar-refractivity contribution < 1.29 is 19.0 Å². The van der Waals surface area contributed by atoms with Gasteiger partial charge in [0.2, 0.25) is 0 Å². The van der Waals surface area contributed by atoms with Crippen LogP contribution in [-0.2, 0) is 17.8 Å². The van der Waals surface area contributed by atoms with Crippen LogP contribution in [-0.4, -0.2) is 19.2 Å². The van der Waals surface area contributed by atoms with Gasteiger partial charge >= 0.3 is 5.97 Å². The van der Waals surface area contributed by atoms with Crippen molar-refractivity contribution in [1.82, 2.24) is 0 Å². The molecule has 0 saturated heterocycles. The summed E-state index contributed by atoms with van der Waals surface area (Å²) >= 11 is 6.15. The predicted molar refractivity (Wildman–Crippen MR) is 103 cm³/mol. The molecule has 3 rings (SSSR count). The third-order valence-corrected chi connectivity index (χ3v) is 4.44. The molecule has 2 aromatic carbocycles. The molecule has 0 saturated carbocycles. The Labute approximate surface area is 160 Å². The fraction of sp³-hybridized carbons (Fsp3) is 0.381. The molecule has 0 aromatic heterocycles. The Balaban J connectivity index is 0.00000117. The van der Waals surface area contributed by atoms with Crippen LogP contribution in [0.3, 0.4) is 0 Å². The molecule has 0 amide bonds. The number of halogens is 1. The van der Waals surface area contributed by atoms with Gasteiger partial charge in [-0.05, 0) is 31.9 Å². The second-order valence-electron chi connectivity index (χ2n) is 5.79. The second kappa shape index (κ2) is 9.48. The van der Waals surface area contributed by atoms with E-state index in [0.717, 1.165) is 24.0 Å². The minimum absolute atomic E-state index is 0.113. The second-order valence-corrected chi connectivity index (χ2v) is 6.19. The number of hydrogen-bond acceptors (Lipinski definition) is 4. The predicted octanol–water partition coefficient (Wildman–Crippen LogP) is 5.45. The fourth-order valence-electron chi connectivity index (χ4n) is 2.76. The smallest absolute Gasteiger partial charge is 0.338 e. The van der Waals surface area contributed by atoms with E-state index in [0.29, 0.717) is 28.7 Å². The van der Waals surface area contributed by atoms with E-state index in [1.165, 1.54) is 7.11 Å². The van der Waals surface area contributed by atoms with Crippen molar-refractivity contribution >= 4 is 17.6 Å². The van der Waals surface area contributed by atoms with E-state index in [1.807, 2.05) is 51.1 Å². The van der Waals surface area contributed by atoms with Gasteiger partial charge in [0.1, 0.15) is 18.1 Å². The first-order chi connectivity index (χ1) is 12.6. The standard InChI is InChI=1S/C19H19ClO4.C2H6/c1-12-7-8-15-16(19(21)22-2)9-14(10-18(15)24-12)23-11-13-5-3-4-6-17(13)20;1-2/h3-6,9-10,12H,7-8,11H2,1-2H3;1-2H3. The van der Waals surface area contributed by atoms with E-state index in [2.05, 4.69) is 0 Å². The molecule has 1 aliphatic rings. The molecular formula is C21H25ClO4. The summed E-state index contributed by atoms with van der Waals surface area (Å²) in [5.74, 6) is 0.863. The van der Waals surface area contributed by atoms with Crippen LogP contribution in [0.1, 0.15) is 48.7 Å². The highest BCUT2D eigenvalue weighted by Gasteiger charge is 2.24. The van der Waals surface area contributed by atoms with Crippen LogP contribution in [0.5, 0.6) is 11.5 Å². The van der Waals surface area contributed by atoms with Gasteiger partial charge in [0.15, 0.2) is 0 Å². The molecule has 1 atom stereocenters. The maximum atomic E-state index is 12.1. The van der Waals surface area contributed by atoms with Crippen molar-refractivity contribution in [2.24, 2.45) is 0 Å². The summed E-state index contributed by atoms with van der Waals surface area (Å²) in [6.45, 7) is 6.33. The Kier molecular flexibility index (Phi) is 7.34. The number of fused-ring (bicyclic) bond motifs is 1. The topological polar surface area (TPSA) is 44.8 Å². The Morgan fingerprint density at radius 2 is 2.00 bits per heavy atom. The minimum atomic E-state index is -0.382. The lowest BCUT2D eigenvalue weighted by Gasteiger charge is -2.25. The van der Waals surface area contributed by atoms with Crippen molar-refractivity contribution in [1.29, 1.82) is 0 Å². The van der Waals surface area contributed by atoms with E-state index < -0.39 is 0 Å². The molecule has 2 aromatic rings. The normalized spacial score (nSPS) is 15.0. The zero-order chi connectivity index (χ0) is 19.1. The first kappa shape index (κ1) is 20.1. The SMILES string of the molecule is CC.COC(=O)c1cc(OCc2ccccc2Cl)cc2c1CCC(C)O2. The highest BCUT2D eigenvalue weighted by molar-refractivity contribution is 6.31. The van der Waals surface area contributed by atoms with Gasteiger partial charge in [-0.3, -0.25) is 0 Å². The van der Waals surface area contributed by atoms with Gasteiger partial charge in [-0.15, -0.1) is 0 Å². The van der Waals surface area contributed by atoms with Crippen molar-refractivity contribution in [2.75, 3.05) is 7.11 Å². The van der Waals surface area contributed by atoms with E-state index in [4.69, 9.17) is 25.8 Å². The third kappa shape index (κ3) is 4.70. The minimum Gasteiger partial charge on any atom is -0.490 e. The zero-order valence-electron chi connectivity index (χ0n) is 15.7. The van der Waals surface area contributed by atoms with Gasteiger partial charge < -0.3 is 14.2 Å². The van der Waals surface area contributed by atoms with Crippen molar-refractivity contribution in [3.63, 3.8) is 0 Å². The average molecular weight is 377 g/mol. The Morgan fingerprint density at radius 3 is 2.69 bits per heavy atom. The molecule has 0 aliphatic carbocycles. The van der Waals surface area contributed by atoms with Gasteiger partial charge in [0.25, 0.3) is 0 Å². The zero-order valence-corrected chi connectivity index (χ0v) is 16.4. The van der Waals surface area contributed by atoms with Crippen LogP contribution in [0.25, 0.3) is 0 Å². The van der Waals surface area contributed by atoms with Crippen LogP contribution in [0.2, 0.25) is 5.02 Å². The van der Waals surface area contributed by atoms with Crippen LogP contribution in [0, 0.1) is 0 Å². The number of benzene rings is 2. The van der Waals surface area contributed by atoms with Crippen LogP contribution in [0.4, 0.5) is 0 Å². The number of rotatable bonds is 4. The van der Waals surface area contributed by atoms with Gasteiger partial charge in [0.05, 0.1) is 18.8 Å². The Bertz CT molecular complexity index is 758. The summed E-state index contributed by atoms with van der Waals surface area (Å²) in [5, 5.41) is 0.647. The molecular weight excluding hydrogens is 352 g/mol. The van der Waals surface area contributed by atoms with Crippen molar-refractivity contribution in [2.45, 2.75) is 46.3 Å². The molecule has 5 heteroatoms. The summed E-state index contributed by atoms with van der Waals surface area (Å²) in [6, 6.07) is 11.0. The molecule has 0 radical (unpaired) electrons.